The Labute approximate surface area is 149 Å². The SMILES string of the molecule is Cc1nc(C)n(CCNS(=O)(=O)c2sc3c(c2C(=O)O)CCNC3)n1. The summed E-state index contributed by atoms with van der Waals surface area (Å²) in [6.45, 7) is 5.11. The normalized spacial score (nSPS) is 14.5. The van der Waals surface area contributed by atoms with Gasteiger partial charge in [0.25, 0.3) is 10.0 Å². The highest BCUT2D eigenvalue weighted by Gasteiger charge is 2.31. The molecule has 3 heterocycles. The second kappa shape index (κ2) is 6.83. The Bertz CT molecular complexity index is 916. The van der Waals surface area contributed by atoms with Gasteiger partial charge >= 0.3 is 5.97 Å². The fourth-order valence-corrected chi connectivity index (χ4v) is 5.77. The summed E-state index contributed by atoms with van der Waals surface area (Å²) in [5, 5.41) is 16.8. The first-order valence-corrected chi connectivity index (χ1v) is 10.1. The maximum atomic E-state index is 12.6. The quantitative estimate of drug-likeness (QED) is 0.652. The van der Waals surface area contributed by atoms with Crippen molar-refractivity contribution in [2.24, 2.45) is 0 Å². The zero-order valence-corrected chi connectivity index (χ0v) is 15.5. The van der Waals surface area contributed by atoms with E-state index in [4.69, 9.17) is 0 Å². The number of aromatic nitrogens is 3. The van der Waals surface area contributed by atoms with Gasteiger partial charge in [0, 0.05) is 18.0 Å². The number of thiophene rings is 1. The molecule has 0 unspecified atom stereocenters. The molecule has 0 saturated heterocycles. The number of sulfonamides is 1. The number of aryl methyl sites for hydroxylation is 2. The molecule has 2 aromatic rings. The van der Waals surface area contributed by atoms with Gasteiger partial charge in [-0.1, -0.05) is 0 Å². The molecule has 3 rings (SSSR count). The molecule has 0 aromatic carbocycles. The minimum atomic E-state index is -3.91. The van der Waals surface area contributed by atoms with Gasteiger partial charge < -0.3 is 10.4 Å². The van der Waals surface area contributed by atoms with E-state index in [1.165, 1.54) is 0 Å². The first-order chi connectivity index (χ1) is 11.8. The van der Waals surface area contributed by atoms with Gasteiger partial charge in [-0.3, -0.25) is 0 Å². The summed E-state index contributed by atoms with van der Waals surface area (Å²) in [7, 11) is -3.91. The summed E-state index contributed by atoms with van der Waals surface area (Å²) in [6, 6.07) is 0. The zero-order valence-electron chi connectivity index (χ0n) is 13.9. The molecule has 25 heavy (non-hydrogen) atoms. The molecular weight excluding hydrogens is 366 g/mol. The lowest BCUT2D eigenvalue weighted by atomic mass is 10.1. The fraction of sp³-hybridized carbons (Fsp3) is 0.500. The Morgan fingerprint density at radius 1 is 1.44 bits per heavy atom. The maximum Gasteiger partial charge on any atom is 0.338 e. The molecule has 0 amide bonds. The van der Waals surface area contributed by atoms with E-state index in [9.17, 15) is 18.3 Å². The molecule has 3 N–H and O–H groups in total. The Hall–Kier alpha value is -1.82. The number of nitrogens with one attached hydrogen (secondary N) is 2. The van der Waals surface area contributed by atoms with Gasteiger partial charge in [0.05, 0.1) is 12.1 Å². The van der Waals surface area contributed by atoms with Gasteiger partial charge in [-0.2, -0.15) is 5.10 Å². The van der Waals surface area contributed by atoms with Crippen LogP contribution in [-0.4, -0.2) is 47.3 Å². The van der Waals surface area contributed by atoms with Crippen LogP contribution in [0.1, 0.15) is 32.4 Å². The number of aromatic carboxylic acids is 1. The summed E-state index contributed by atoms with van der Waals surface area (Å²) in [6.07, 6.45) is 0.514. The van der Waals surface area contributed by atoms with Gasteiger partial charge in [-0.25, -0.2) is 27.6 Å². The summed E-state index contributed by atoms with van der Waals surface area (Å²) < 4.78 is 29.2. The number of hydrogen-bond acceptors (Lipinski definition) is 7. The van der Waals surface area contributed by atoms with Crippen molar-refractivity contribution in [1.82, 2.24) is 24.8 Å². The van der Waals surface area contributed by atoms with Crippen LogP contribution in [0.5, 0.6) is 0 Å². The topological polar surface area (TPSA) is 126 Å². The molecule has 0 saturated carbocycles. The first-order valence-electron chi connectivity index (χ1n) is 7.76. The molecule has 11 heteroatoms. The molecule has 9 nitrogen and oxygen atoms in total. The van der Waals surface area contributed by atoms with Crippen LogP contribution >= 0.6 is 11.3 Å². The van der Waals surface area contributed by atoms with Gasteiger partial charge in [0.2, 0.25) is 0 Å². The van der Waals surface area contributed by atoms with Crippen LogP contribution in [0.2, 0.25) is 0 Å². The minimum absolute atomic E-state index is 0.0956. The number of carbonyl (C=O) groups is 1. The molecule has 0 bridgehead atoms. The van der Waals surface area contributed by atoms with Crippen molar-refractivity contribution in [1.29, 1.82) is 0 Å². The van der Waals surface area contributed by atoms with Gasteiger partial charge in [0.1, 0.15) is 15.9 Å². The smallest absolute Gasteiger partial charge is 0.338 e. The lowest BCUT2D eigenvalue weighted by Gasteiger charge is -2.12. The Morgan fingerprint density at radius 3 is 2.84 bits per heavy atom. The van der Waals surface area contributed by atoms with Crippen molar-refractivity contribution in [3.05, 3.63) is 27.7 Å². The highest BCUT2D eigenvalue weighted by atomic mass is 32.2. The molecule has 2 aromatic heterocycles. The van der Waals surface area contributed by atoms with Gasteiger partial charge in [-0.05, 0) is 32.4 Å². The number of hydrogen-bond donors (Lipinski definition) is 3. The standard InChI is InChI=1S/C14H19N5O4S2/c1-8-17-9(2)19(18-8)6-5-16-25(22,23)14-12(13(20)21)10-3-4-15-7-11(10)24-14/h15-16H,3-7H2,1-2H3,(H,20,21). The van der Waals surface area contributed by atoms with E-state index in [1.54, 1.807) is 18.5 Å². The fourth-order valence-electron chi connectivity index (χ4n) is 2.84. The van der Waals surface area contributed by atoms with Crippen molar-refractivity contribution < 1.29 is 18.3 Å². The number of rotatable bonds is 6. The van der Waals surface area contributed by atoms with Crippen LogP contribution in [-0.2, 0) is 29.5 Å². The summed E-state index contributed by atoms with van der Waals surface area (Å²) in [4.78, 5) is 16.5. The summed E-state index contributed by atoms with van der Waals surface area (Å²) in [5.41, 5.74) is 0.529. The van der Waals surface area contributed by atoms with E-state index in [0.717, 1.165) is 16.2 Å². The average Bonchev–Trinajstić information content (AvgIpc) is 3.08. The van der Waals surface area contributed by atoms with Crippen molar-refractivity contribution in [2.45, 2.75) is 37.6 Å². The highest BCUT2D eigenvalue weighted by molar-refractivity contribution is 7.91. The summed E-state index contributed by atoms with van der Waals surface area (Å²) in [5.74, 6) is 0.107. The van der Waals surface area contributed by atoms with Crippen molar-refractivity contribution in [2.75, 3.05) is 13.1 Å². The Kier molecular flexibility index (Phi) is 4.91. The molecule has 0 spiro atoms. The van der Waals surface area contributed by atoms with Crippen LogP contribution in [0.3, 0.4) is 0 Å². The van der Waals surface area contributed by atoms with E-state index in [2.05, 4.69) is 20.1 Å². The maximum absolute atomic E-state index is 12.6. The third-order valence-electron chi connectivity index (χ3n) is 3.93. The Balaban J connectivity index is 1.81. The van der Waals surface area contributed by atoms with E-state index in [0.29, 0.717) is 43.3 Å². The Morgan fingerprint density at radius 2 is 2.20 bits per heavy atom. The summed E-state index contributed by atoms with van der Waals surface area (Å²) >= 11 is 1.02. The number of carboxylic acid groups (broad SMARTS) is 1. The van der Waals surface area contributed by atoms with Gasteiger partial charge in [0.15, 0.2) is 0 Å². The van der Waals surface area contributed by atoms with Crippen LogP contribution in [0.15, 0.2) is 4.21 Å². The van der Waals surface area contributed by atoms with E-state index in [-0.39, 0.29) is 16.3 Å². The van der Waals surface area contributed by atoms with Crippen LogP contribution in [0.25, 0.3) is 0 Å². The molecule has 1 aliphatic rings. The van der Waals surface area contributed by atoms with Crippen molar-refractivity contribution >= 4 is 27.3 Å². The highest BCUT2D eigenvalue weighted by Crippen LogP contribution is 2.34. The minimum Gasteiger partial charge on any atom is -0.478 e. The van der Waals surface area contributed by atoms with Crippen LogP contribution in [0, 0.1) is 13.8 Å². The average molecular weight is 385 g/mol. The molecular formula is C14H19N5O4S2. The molecule has 0 radical (unpaired) electrons. The monoisotopic (exact) mass is 385 g/mol. The molecule has 0 atom stereocenters. The zero-order chi connectivity index (χ0) is 18.2. The molecule has 0 aliphatic carbocycles. The second-order valence-corrected chi connectivity index (χ2v) is 8.79. The van der Waals surface area contributed by atoms with E-state index < -0.39 is 16.0 Å². The predicted octanol–water partition coefficient (Wildman–Crippen LogP) is 0.279. The molecule has 136 valence electrons. The lowest BCUT2D eigenvalue weighted by molar-refractivity contribution is 0.0692. The van der Waals surface area contributed by atoms with E-state index >= 15 is 0 Å². The number of carboxylic acids is 1. The van der Waals surface area contributed by atoms with Crippen molar-refractivity contribution in [3.63, 3.8) is 0 Å². The van der Waals surface area contributed by atoms with Crippen molar-refractivity contribution in [3.8, 4) is 0 Å². The number of fused-ring (bicyclic) bond motifs is 1. The van der Waals surface area contributed by atoms with Gasteiger partial charge in [-0.15, -0.1) is 11.3 Å². The molecule has 1 aliphatic heterocycles. The van der Waals surface area contributed by atoms with Crippen LogP contribution in [0.4, 0.5) is 0 Å². The third kappa shape index (κ3) is 3.59. The second-order valence-electron chi connectivity index (χ2n) is 5.73. The lowest BCUT2D eigenvalue weighted by Crippen LogP contribution is -2.28. The first kappa shape index (κ1) is 18.0. The number of nitrogens with zero attached hydrogens (tertiary/aromatic N) is 3. The predicted molar refractivity (Wildman–Crippen MR) is 91.4 cm³/mol. The third-order valence-corrected chi connectivity index (χ3v) is 7.14. The molecule has 0 fully saturated rings. The largest absolute Gasteiger partial charge is 0.478 e. The van der Waals surface area contributed by atoms with Crippen LogP contribution < -0.4 is 10.0 Å². The van der Waals surface area contributed by atoms with E-state index in [1.807, 2.05) is 0 Å².